The number of carboxylic acid groups (broad SMARTS) is 1. The zero-order valence-corrected chi connectivity index (χ0v) is 8.57. The fourth-order valence-corrected chi connectivity index (χ4v) is 1.30. The first-order chi connectivity index (χ1) is 7.34. The Morgan fingerprint density at radius 3 is 2.56 bits per heavy atom. The Morgan fingerprint density at radius 1 is 1.50 bits per heavy atom. The SMILES string of the molecule is Cc1cc(CC(N)C(=O)O)c(O)c(F)c1O. The highest BCUT2D eigenvalue weighted by atomic mass is 19.1. The molecule has 0 amide bonds. The van der Waals surface area contributed by atoms with E-state index in [4.69, 9.17) is 10.8 Å². The van der Waals surface area contributed by atoms with Crippen molar-refractivity contribution in [2.24, 2.45) is 5.73 Å². The zero-order valence-electron chi connectivity index (χ0n) is 8.57. The van der Waals surface area contributed by atoms with Crippen LogP contribution < -0.4 is 5.73 Å². The number of hydrogen-bond donors (Lipinski definition) is 4. The molecule has 0 heterocycles. The first-order valence-corrected chi connectivity index (χ1v) is 4.53. The summed E-state index contributed by atoms with van der Waals surface area (Å²) in [7, 11) is 0. The maximum absolute atomic E-state index is 13.2. The molecule has 6 heteroatoms. The van der Waals surface area contributed by atoms with E-state index in [1.165, 1.54) is 13.0 Å². The molecule has 5 N–H and O–H groups in total. The van der Waals surface area contributed by atoms with Crippen molar-refractivity contribution in [3.05, 3.63) is 23.0 Å². The van der Waals surface area contributed by atoms with Crippen LogP contribution in [0.15, 0.2) is 6.07 Å². The van der Waals surface area contributed by atoms with E-state index in [1.807, 2.05) is 0 Å². The normalized spacial score (nSPS) is 12.4. The van der Waals surface area contributed by atoms with Crippen molar-refractivity contribution in [1.82, 2.24) is 0 Å². The third kappa shape index (κ3) is 2.22. The molecule has 0 bridgehead atoms. The minimum atomic E-state index is -1.24. The van der Waals surface area contributed by atoms with E-state index in [-0.39, 0.29) is 17.5 Å². The zero-order chi connectivity index (χ0) is 12.5. The minimum absolute atomic E-state index is 0.0581. The van der Waals surface area contributed by atoms with Gasteiger partial charge in [0, 0.05) is 6.42 Å². The number of aromatic hydroxyl groups is 2. The summed E-state index contributed by atoms with van der Waals surface area (Å²) >= 11 is 0. The number of rotatable bonds is 3. The molecule has 1 rings (SSSR count). The van der Waals surface area contributed by atoms with Gasteiger partial charge in [-0.25, -0.2) is 0 Å². The molecule has 0 aromatic heterocycles. The first-order valence-electron chi connectivity index (χ1n) is 4.53. The van der Waals surface area contributed by atoms with Gasteiger partial charge in [-0.3, -0.25) is 4.79 Å². The molecule has 1 aromatic carbocycles. The Bertz CT molecular complexity index is 433. The van der Waals surface area contributed by atoms with Crippen LogP contribution in [0, 0.1) is 12.7 Å². The number of benzene rings is 1. The largest absolute Gasteiger partial charge is 0.505 e. The lowest BCUT2D eigenvalue weighted by Gasteiger charge is -2.11. The molecule has 5 nitrogen and oxygen atoms in total. The molecule has 1 atom stereocenters. The van der Waals surface area contributed by atoms with Crippen LogP contribution in [0.4, 0.5) is 4.39 Å². The average Bonchev–Trinajstić information content (AvgIpc) is 2.22. The second-order valence-corrected chi connectivity index (χ2v) is 3.51. The number of aryl methyl sites for hydroxylation is 1. The smallest absolute Gasteiger partial charge is 0.320 e. The van der Waals surface area contributed by atoms with Gasteiger partial charge in [-0.15, -0.1) is 0 Å². The van der Waals surface area contributed by atoms with Crippen LogP contribution in [-0.2, 0) is 11.2 Å². The summed E-state index contributed by atoms with van der Waals surface area (Å²) in [4.78, 5) is 10.5. The summed E-state index contributed by atoms with van der Waals surface area (Å²) < 4.78 is 13.2. The van der Waals surface area contributed by atoms with Crippen LogP contribution in [0.1, 0.15) is 11.1 Å². The van der Waals surface area contributed by atoms with Crippen LogP contribution in [0.5, 0.6) is 11.5 Å². The number of phenols is 2. The van der Waals surface area contributed by atoms with E-state index in [2.05, 4.69) is 0 Å². The molecule has 0 fully saturated rings. The topological polar surface area (TPSA) is 104 Å². The lowest BCUT2D eigenvalue weighted by molar-refractivity contribution is -0.138. The molecule has 0 saturated heterocycles. The Hall–Kier alpha value is -1.82. The molecule has 88 valence electrons. The molecule has 0 saturated carbocycles. The summed E-state index contributed by atoms with van der Waals surface area (Å²) in [6, 6.07) is 0.0746. The van der Waals surface area contributed by atoms with Crippen molar-refractivity contribution in [2.45, 2.75) is 19.4 Å². The molecule has 0 radical (unpaired) electrons. The van der Waals surface area contributed by atoms with Crippen molar-refractivity contribution < 1.29 is 24.5 Å². The van der Waals surface area contributed by atoms with Crippen LogP contribution in [0.2, 0.25) is 0 Å². The van der Waals surface area contributed by atoms with Crippen LogP contribution in [0.25, 0.3) is 0 Å². The Morgan fingerprint density at radius 2 is 2.06 bits per heavy atom. The van der Waals surface area contributed by atoms with Gasteiger partial charge in [-0.1, -0.05) is 0 Å². The summed E-state index contributed by atoms with van der Waals surface area (Å²) in [5.74, 6) is -3.82. The van der Waals surface area contributed by atoms with Crippen molar-refractivity contribution in [2.75, 3.05) is 0 Å². The van der Waals surface area contributed by atoms with Gasteiger partial charge in [0.15, 0.2) is 11.5 Å². The molecule has 0 spiro atoms. The molecule has 0 aliphatic heterocycles. The molecular formula is C10H12FNO4. The fraction of sp³-hybridized carbons (Fsp3) is 0.300. The molecule has 0 aliphatic carbocycles. The number of carboxylic acids is 1. The van der Waals surface area contributed by atoms with E-state index >= 15 is 0 Å². The van der Waals surface area contributed by atoms with Gasteiger partial charge in [0.05, 0.1) is 0 Å². The van der Waals surface area contributed by atoms with Gasteiger partial charge in [0.1, 0.15) is 6.04 Å². The van der Waals surface area contributed by atoms with Gasteiger partial charge >= 0.3 is 5.97 Å². The minimum Gasteiger partial charge on any atom is -0.505 e. The number of nitrogens with two attached hydrogens (primary N) is 1. The van der Waals surface area contributed by atoms with Crippen molar-refractivity contribution in [1.29, 1.82) is 0 Å². The van der Waals surface area contributed by atoms with Gasteiger partial charge in [0.25, 0.3) is 0 Å². The summed E-state index contributed by atoms with van der Waals surface area (Å²) in [6.07, 6.45) is -0.209. The van der Waals surface area contributed by atoms with Crippen molar-refractivity contribution in [3.8, 4) is 11.5 Å². The highest BCUT2D eigenvalue weighted by molar-refractivity contribution is 5.73. The van der Waals surface area contributed by atoms with E-state index in [0.717, 1.165) is 0 Å². The molecule has 1 unspecified atom stereocenters. The van der Waals surface area contributed by atoms with Crippen LogP contribution in [0.3, 0.4) is 0 Å². The van der Waals surface area contributed by atoms with Gasteiger partial charge in [-0.05, 0) is 24.1 Å². The Balaban J connectivity index is 3.11. The number of hydrogen-bond acceptors (Lipinski definition) is 4. The second-order valence-electron chi connectivity index (χ2n) is 3.51. The third-order valence-corrected chi connectivity index (χ3v) is 2.24. The molecule has 1 aromatic rings. The molecular weight excluding hydrogens is 217 g/mol. The third-order valence-electron chi connectivity index (χ3n) is 2.24. The molecule has 16 heavy (non-hydrogen) atoms. The first kappa shape index (κ1) is 12.3. The fourth-order valence-electron chi connectivity index (χ4n) is 1.30. The van der Waals surface area contributed by atoms with Crippen molar-refractivity contribution >= 4 is 5.97 Å². The summed E-state index contributed by atoms with van der Waals surface area (Å²) in [5.41, 5.74) is 5.53. The Kier molecular flexibility index (Phi) is 3.34. The predicted octanol–water partition coefficient (Wildman–Crippen LogP) is 0.500. The van der Waals surface area contributed by atoms with Gasteiger partial charge in [-0.2, -0.15) is 4.39 Å². The number of aliphatic carboxylic acids is 1. The van der Waals surface area contributed by atoms with E-state index in [1.54, 1.807) is 0 Å². The quantitative estimate of drug-likeness (QED) is 0.604. The number of halogens is 1. The number of phenolic OH excluding ortho intramolecular Hbond substituents is 2. The lowest BCUT2D eigenvalue weighted by Crippen LogP contribution is -2.32. The van der Waals surface area contributed by atoms with Gasteiger partial charge in [0.2, 0.25) is 5.82 Å². The predicted molar refractivity (Wildman–Crippen MR) is 53.8 cm³/mol. The van der Waals surface area contributed by atoms with Crippen molar-refractivity contribution in [3.63, 3.8) is 0 Å². The van der Waals surface area contributed by atoms with Gasteiger partial charge < -0.3 is 21.1 Å². The summed E-state index contributed by atoms with van der Waals surface area (Å²) in [5, 5.41) is 27.1. The maximum Gasteiger partial charge on any atom is 0.320 e. The highest BCUT2D eigenvalue weighted by Gasteiger charge is 2.19. The van der Waals surface area contributed by atoms with E-state index in [0.29, 0.717) is 0 Å². The average molecular weight is 229 g/mol. The summed E-state index contributed by atoms with van der Waals surface area (Å²) in [6.45, 7) is 1.44. The Labute approximate surface area is 90.9 Å². The standard InChI is InChI=1S/C10H12FNO4/c1-4-2-5(3-6(12)10(15)16)9(14)7(11)8(4)13/h2,6,13-14H,3,12H2,1H3,(H,15,16). The van der Waals surface area contributed by atoms with Crippen LogP contribution >= 0.6 is 0 Å². The van der Waals surface area contributed by atoms with E-state index < -0.39 is 29.3 Å². The maximum atomic E-state index is 13.2. The highest BCUT2D eigenvalue weighted by Crippen LogP contribution is 2.32. The second kappa shape index (κ2) is 4.36. The van der Waals surface area contributed by atoms with E-state index in [9.17, 15) is 19.4 Å². The van der Waals surface area contributed by atoms with Crippen LogP contribution in [-0.4, -0.2) is 27.3 Å². The molecule has 0 aliphatic rings. The number of carbonyl (C=O) groups is 1. The monoisotopic (exact) mass is 229 g/mol. The lowest BCUT2D eigenvalue weighted by atomic mass is 10.0.